The molecule has 0 radical (unpaired) electrons. The molecule has 1 rings (SSSR count). The topological polar surface area (TPSA) is 29.5 Å². The first-order valence-electron chi connectivity index (χ1n) is 5.51. The van der Waals surface area contributed by atoms with Gasteiger partial charge in [-0.25, -0.2) is 0 Å². The first kappa shape index (κ1) is 12.1. The molecule has 0 fully saturated rings. The Hall–Kier alpha value is -1.02. The lowest BCUT2D eigenvalue weighted by molar-refractivity contribution is 0.164. The Kier molecular flexibility index (Phi) is 4.63. The monoisotopic (exact) mass is 208 g/mol. The minimum atomic E-state index is -0.338. The van der Waals surface area contributed by atoms with E-state index in [-0.39, 0.29) is 6.10 Å². The Morgan fingerprint density at radius 1 is 1.40 bits per heavy atom. The van der Waals surface area contributed by atoms with Crippen molar-refractivity contribution in [2.45, 2.75) is 39.2 Å². The van der Waals surface area contributed by atoms with E-state index in [9.17, 15) is 5.11 Å². The second-order valence-corrected chi connectivity index (χ2v) is 3.89. The van der Waals surface area contributed by atoms with E-state index in [2.05, 4.69) is 6.92 Å². The summed E-state index contributed by atoms with van der Waals surface area (Å²) in [5.74, 6) is 0.876. The van der Waals surface area contributed by atoms with Gasteiger partial charge in [-0.05, 0) is 36.6 Å². The number of hydrogen-bond acceptors (Lipinski definition) is 2. The fourth-order valence-corrected chi connectivity index (χ4v) is 1.67. The lowest BCUT2D eigenvalue weighted by Crippen LogP contribution is -1.98. The van der Waals surface area contributed by atoms with E-state index in [1.807, 2.05) is 25.1 Å². The molecule has 1 aromatic rings. The lowest BCUT2D eigenvalue weighted by atomic mass is 10.0. The molecular formula is C13H20O2. The van der Waals surface area contributed by atoms with E-state index in [1.165, 1.54) is 0 Å². The number of aliphatic hydroxyl groups excluding tert-OH is 1. The number of unbranched alkanes of at least 4 members (excludes halogenated alkanes) is 1. The molecule has 1 N–H and O–H groups in total. The van der Waals surface area contributed by atoms with Crippen LogP contribution in [0, 0.1) is 6.92 Å². The number of methoxy groups -OCH3 is 1. The van der Waals surface area contributed by atoms with Crippen molar-refractivity contribution in [3.8, 4) is 5.75 Å². The predicted molar refractivity (Wildman–Crippen MR) is 62.2 cm³/mol. The summed E-state index contributed by atoms with van der Waals surface area (Å²) >= 11 is 0. The number of aryl methyl sites for hydroxylation is 1. The van der Waals surface area contributed by atoms with Crippen molar-refractivity contribution in [3.63, 3.8) is 0 Å². The predicted octanol–water partition coefficient (Wildman–Crippen LogP) is 3.23. The smallest absolute Gasteiger partial charge is 0.121 e. The molecule has 0 aliphatic heterocycles. The van der Waals surface area contributed by atoms with Gasteiger partial charge in [0.25, 0.3) is 0 Å². The van der Waals surface area contributed by atoms with Crippen LogP contribution >= 0.6 is 0 Å². The van der Waals surface area contributed by atoms with E-state index in [0.717, 1.165) is 36.1 Å². The molecule has 0 aliphatic carbocycles. The van der Waals surface area contributed by atoms with Gasteiger partial charge >= 0.3 is 0 Å². The van der Waals surface area contributed by atoms with Gasteiger partial charge in [0.1, 0.15) is 5.75 Å². The van der Waals surface area contributed by atoms with Crippen molar-refractivity contribution in [1.82, 2.24) is 0 Å². The molecule has 2 heteroatoms. The summed E-state index contributed by atoms with van der Waals surface area (Å²) in [4.78, 5) is 0. The first-order valence-corrected chi connectivity index (χ1v) is 5.51. The maximum absolute atomic E-state index is 9.90. The second kappa shape index (κ2) is 5.76. The van der Waals surface area contributed by atoms with Crippen molar-refractivity contribution < 1.29 is 9.84 Å². The molecule has 0 saturated heterocycles. The van der Waals surface area contributed by atoms with Crippen LogP contribution in [0.4, 0.5) is 0 Å². The van der Waals surface area contributed by atoms with E-state index in [0.29, 0.717) is 0 Å². The molecule has 15 heavy (non-hydrogen) atoms. The summed E-state index contributed by atoms with van der Waals surface area (Å²) < 4.78 is 5.18. The molecule has 0 bridgehead atoms. The first-order chi connectivity index (χ1) is 7.19. The highest BCUT2D eigenvalue weighted by Gasteiger charge is 2.08. The quantitative estimate of drug-likeness (QED) is 0.805. The number of ether oxygens (including phenoxy) is 1. The van der Waals surface area contributed by atoms with Gasteiger partial charge in [0.15, 0.2) is 0 Å². The highest BCUT2D eigenvalue weighted by molar-refractivity contribution is 5.36. The van der Waals surface area contributed by atoms with Crippen LogP contribution in [-0.4, -0.2) is 12.2 Å². The Balaban J connectivity index is 2.73. The summed E-state index contributed by atoms with van der Waals surface area (Å²) in [5.41, 5.74) is 2.06. The van der Waals surface area contributed by atoms with E-state index >= 15 is 0 Å². The molecule has 0 spiro atoms. The Labute approximate surface area is 91.9 Å². The molecule has 1 aromatic carbocycles. The maximum atomic E-state index is 9.90. The maximum Gasteiger partial charge on any atom is 0.121 e. The summed E-state index contributed by atoms with van der Waals surface area (Å²) in [5, 5.41) is 9.90. The van der Waals surface area contributed by atoms with Crippen molar-refractivity contribution in [2.75, 3.05) is 7.11 Å². The van der Waals surface area contributed by atoms with E-state index in [4.69, 9.17) is 4.74 Å². The van der Waals surface area contributed by atoms with Crippen LogP contribution in [0.15, 0.2) is 18.2 Å². The molecule has 84 valence electrons. The third kappa shape index (κ3) is 3.24. The molecule has 0 aliphatic rings. The Bertz CT molecular complexity index is 307. The molecule has 2 nitrogen and oxygen atoms in total. The molecule has 1 unspecified atom stereocenters. The van der Waals surface area contributed by atoms with Crippen LogP contribution in [-0.2, 0) is 0 Å². The van der Waals surface area contributed by atoms with Crippen molar-refractivity contribution in [2.24, 2.45) is 0 Å². The lowest BCUT2D eigenvalue weighted by Gasteiger charge is -2.12. The van der Waals surface area contributed by atoms with Crippen LogP contribution < -0.4 is 4.74 Å². The minimum absolute atomic E-state index is 0.338. The van der Waals surface area contributed by atoms with Crippen LogP contribution in [0.1, 0.15) is 43.4 Å². The molecule has 1 atom stereocenters. The summed E-state index contributed by atoms with van der Waals surface area (Å²) in [6.45, 7) is 4.13. The SMILES string of the molecule is CCCCC(O)c1ccc(OC)c(C)c1. The minimum Gasteiger partial charge on any atom is -0.496 e. The van der Waals surface area contributed by atoms with Crippen molar-refractivity contribution >= 4 is 0 Å². The Morgan fingerprint density at radius 3 is 2.67 bits per heavy atom. The zero-order valence-corrected chi connectivity index (χ0v) is 9.79. The Morgan fingerprint density at radius 2 is 2.13 bits per heavy atom. The van der Waals surface area contributed by atoms with Gasteiger partial charge < -0.3 is 9.84 Å². The number of aliphatic hydroxyl groups is 1. The zero-order chi connectivity index (χ0) is 11.3. The van der Waals surface area contributed by atoms with Gasteiger partial charge in [-0.3, -0.25) is 0 Å². The summed E-state index contributed by atoms with van der Waals surface area (Å²) in [6.07, 6.45) is 2.68. The van der Waals surface area contributed by atoms with Gasteiger partial charge in [0.05, 0.1) is 13.2 Å². The standard InChI is InChI=1S/C13H20O2/c1-4-5-6-12(14)11-7-8-13(15-3)10(2)9-11/h7-9,12,14H,4-6H2,1-3H3. The van der Waals surface area contributed by atoms with Crippen molar-refractivity contribution in [1.29, 1.82) is 0 Å². The molecule has 0 heterocycles. The highest BCUT2D eigenvalue weighted by atomic mass is 16.5. The summed E-state index contributed by atoms with van der Waals surface area (Å²) in [7, 11) is 1.66. The van der Waals surface area contributed by atoms with Crippen molar-refractivity contribution in [3.05, 3.63) is 29.3 Å². The van der Waals surface area contributed by atoms with Gasteiger partial charge in [-0.2, -0.15) is 0 Å². The van der Waals surface area contributed by atoms with Gasteiger partial charge in [-0.1, -0.05) is 25.8 Å². The van der Waals surface area contributed by atoms with E-state index < -0.39 is 0 Å². The van der Waals surface area contributed by atoms with Crippen LogP contribution in [0.25, 0.3) is 0 Å². The van der Waals surface area contributed by atoms with Crippen LogP contribution in [0.5, 0.6) is 5.75 Å². The fourth-order valence-electron chi connectivity index (χ4n) is 1.67. The molecule has 0 amide bonds. The number of rotatable bonds is 5. The average Bonchev–Trinajstić information content (AvgIpc) is 2.25. The zero-order valence-electron chi connectivity index (χ0n) is 9.79. The number of hydrogen-bond donors (Lipinski definition) is 1. The van der Waals surface area contributed by atoms with Crippen LogP contribution in [0.3, 0.4) is 0 Å². The van der Waals surface area contributed by atoms with Gasteiger partial charge in [0.2, 0.25) is 0 Å². The molecular weight excluding hydrogens is 188 g/mol. The van der Waals surface area contributed by atoms with Crippen LogP contribution in [0.2, 0.25) is 0 Å². The number of benzene rings is 1. The third-order valence-corrected chi connectivity index (χ3v) is 2.63. The highest BCUT2D eigenvalue weighted by Crippen LogP contribution is 2.25. The summed E-state index contributed by atoms with van der Waals surface area (Å²) in [6, 6.07) is 5.85. The van der Waals surface area contributed by atoms with Gasteiger partial charge in [0, 0.05) is 0 Å². The van der Waals surface area contributed by atoms with Gasteiger partial charge in [-0.15, -0.1) is 0 Å². The average molecular weight is 208 g/mol. The fraction of sp³-hybridized carbons (Fsp3) is 0.538. The third-order valence-electron chi connectivity index (χ3n) is 2.63. The largest absolute Gasteiger partial charge is 0.496 e. The second-order valence-electron chi connectivity index (χ2n) is 3.89. The molecule has 0 saturated carbocycles. The molecule has 0 aromatic heterocycles. The van der Waals surface area contributed by atoms with E-state index in [1.54, 1.807) is 7.11 Å². The normalized spacial score (nSPS) is 12.5.